The normalized spacial score (nSPS) is 12.2. The fraction of sp³-hybridized carbons (Fsp3) is 0.214. The minimum Gasteiger partial charge on any atom is -0.455 e. The molecule has 94 valence electrons. The third-order valence-electron chi connectivity index (χ3n) is 2.61. The number of aliphatic hydroxyl groups excluding tert-OH is 1. The first kappa shape index (κ1) is 12.5. The van der Waals surface area contributed by atoms with Crippen molar-refractivity contribution in [2.75, 3.05) is 0 Å². The third kappa shape index (κ3) is 2.49. The molecule has 2 aromatic rings. The molecule has 0 spiro atoms. The molecule has 1 heterocycles. The van der Waals surface area contributed by atoms with Crippen LogP contribution < -0.4 is 4.74 Å². The molecule has 0 aliphatic heterocycles. The van der Waals surface area contributed by atoms with Gasteiger partial charge in [0.25, 0.3) is 0 Å². The van der Waals surface area contributed by atoms with Gasteiger partial charge in [-0.25, -0.2) is 4.39 Å². The van der Waals surface area contributed by atoms with Gasteiger partial charge in [-0.1, -0.05) is 6.07 Å². The highest BCUT2D eigenvalue weighted by molar-refractivity contribution is 5.40. The van der Waals surface area contributed by atoms with Gasteiger partial charge in [0.2, 0.25) is 0 Å². The molecule has 1 N–H and O–H groups in total. The smallest absolute Gasteiger partial charge is 0.148 e. The van der Waals surface area contributed by atoms with Crippen LogP contribution in [0.3, 0.4) is 0 Å². The largest absolute Gasteiger partial charge is 0.455 e. The van der Waals surface area contributed by atoms with Gasteiger partial charge in [0, 0.05) is 6.20 Å². The van der Waals surface area contributed by atoms with Gasteiger partial charge in [-0.05, 0) is 38.1 Å². The van der Waals surface area contributed by atoms with E-state index in [4.69, 9.17) is 4.74 Å². The lowest BCUT2D eigenvalue weighted by molar-refractivity contribution is 0.190. The zero-order valence-corrected chi connectivity index (χ0v) is 10.2. The first-order chi connectivity index (χ1) is 8.59. The van der Waals surface area contributed by atoms with E-state index in [1.165, 1.54) is 13.0 Å². The van der Waals surface area contributed by atoms with E-state index in [0.29, 0.717) is 17.2 Å². The van der Waals surface area contributed by atoms with Crippen LogP contribution in [0.4, 0.5) is 4.39 Å². The number of hydrogen-bond acceptors (Lipinski definition) is 3. The molecule has 3 nitrogen and oxygen atoms in total. The third-order valence-corrected chi connectivity index (χ3v) is 2.61. The Morgan fingerprint density at radius 1 is 1.22 bits per heavy atom. The molecule has 0 aliphatic carbocycles. The molecular formula is C14H14FNO2. The van der Waals surface area contributed by atoms with E-state index in [-0.39, 0.29) is 5.56 Å². The number of benzene rings is 1. The number of hydrogen-bond donors (Lipinski definition) is 1. The van der Waals surface area contributed by atoms with Crippen molar-refractivity contribution in [2.45, 2.75) is 20.0 Å². The molecule has 0 saturated carbocycles. The number of pyridine rings is 1. The second-order valence-corrected chi connectivity index (χ2v) is 4.02. The van der Waals surface area contributed by atoms with Crippen LogP contribution in [0.1, 0.15) is 24.3 Å². The van der Waals surface area contributed by atoms with Crippen LogP contribution >= 0.6 is 0 Å². The fourth-order valence-corrected chi connectivity index (χ4v) is 1.71. The second kappa shape index (κ2) is 5.14. The van der Waals surface area contributed by atoms with Crippen LogP contribution in [-0.4, -0.2) is 10.1 Å². The van der Waals surface area contributed by atoms with Crippen molar-refractivity contribution in [3.63, 3.8) is 0 Å². The lowest BCUT2D eigenvalue weighted by Crippen LogP contribution is -2.00. The van der Waals surface area contributed by atoms with E-state index in [1.807, 2.05) is 0 Å². The maximum Gasteiger partial charge on any atom is 0.148 e. The molecule has 0 bridgehead atoms. The van der Waals surface area contributed by atoms with Gasteiger partial charge in [-0.15, -0.1) is 0 Å². The van der Waals surface area contributed by atoms with E-state index in [2.05, 4.69) is 4.98 Å². The molecule has 2 rings (SSSR count). The number of halogens is 1. The van der Waals surface area contributed by atoms with Gasteiger partial charge in [0.1, 0.15) is 17.3 Å². The molecule has 1 atom stereocenters. The van der Waals surface area contributed by atoms with Gasteiger partial charge >= 0.3 is 0 Å². The maximum absolute atomic E-state index is 13.6. The molecule has 1 aromatic carbocycles. The quantitative estimate of drug-likeness (QED) is 0.904. The standard InChI is InChI=1S/C14H14FNO2/c1-9-12(7-4-8-16-9)18-13-6-3-5-11(15)14(13)10(2)17/h3-8,10,17H,1-2H3. The summed E-state index contributed by atoms with van der Waals surface area (Å²) in [5.74, 6) is 0.371. The van der Waals surface area contributed by atoms with Crippen LogP contribution in [-0.2, 0) is 0 Å². The SMILES string of the molecule is Cc1ncccc1Oc1cccc(F)c1C(C)O. The molecule has 0 radical (unpaired) electrons. The minimum atomic E-state index is -0.932. The Morgan fingerprint density at radius 3 is 2.61 bits per heavy atom. The molecular weight excluding hydrogens is 233 g/mol. The van der Waals surface area contributed by atoms with Crippen molar-refractivity contribution >= 4 is 0 Å². The second-order valence-electron chi connectivity index (χ2n) is 4.02. The fourth-order valence-electron chi connectivity index (χ4n) is 1.71. The van der Waals surface area contributed by atoms with Crippen LogP contribution in [0.25, 0.3) is 0 Å². The van der Waals surface area contributed by atoms with Crippen molar-refractivity contribution in [1.29, 1.82) is 0 Å². The zero-order chi connectivity index (χ0) is 13.1. The average molecular weight is 247 g/mol. The predicted molar refractivity (Wildman–Crippen MR) is 66.1 cm³/mol. The topological polar surface area (TPSA) is 42.4 Å². The van der Waals surface area contributed by atoms with E-state index in [0.717, 1.165) is 0 Å². The van der Waals surface area contributed by atoms with Crippen molar-refractivity contribution in [3.8, 4) is 11.5 Å². The number of aliphatic hydroxyl groups is 1. The van der Waals surface area contributed by atoms with Crippen LogP contribution in [0.15, 0.2) is 36.5 Å². The molecule has 0 saturated heterocycles. The number of aryl methyl sites for hydroxylation is 1. The number of nitrogens with zero attached hydrogens (tertiary/aromatic N) is 1. The molecule has 0 aliphatic rings. The van der Waals surface area contributed by atoms with Gasteiger partial charge < -0.3 is 9.84 Å². The lowest BCUT2D eigenvalue weighted by Gasteiger charge is -2.14. The Labute approximate surface area is 105 Å². The Kier molecular flexibility index (Phi) is 3.58. The van der Waals surface area contributed by atoms with Gasteiger partial charge in [-0.2, -0.15) is 0 Å². The van der Waals surface area contributed by atoms with Gasteiger partial charge in [0.05, 0.1) is 17.4 Å². The summed E-state index contributed by atoms with van der Waals surface area (Å²) in [6, 6.07) is 7.95. The van der Waals surface area contributed by atoms with Crippen molar-refractivity contribution in [3.05, 3.63) is 53.6 Å². The molecule has 1 unspecified atom stereocenters. The summed E-state index contributed by atoms with van der Waals surface area (Å²) in [6.07, 6.45) is 0.724. The Bertz CT molecular complexity index is 555. The highest BCUT2D eigenvalue weighted by atomic mass is 19.1. The van der Waals surface area contributed by atoms with Crippen LogP contribution in [0.5, 0.6) is 11.5 Å². The van der Waals surface area contributed by atoms with Gasteiger partial charge in [-0.3, -0.25) is 4.98 Å². The Hall–Kier alpha value is -1.94. The average Bonchev–Trinajstić information content (AvgIpc) is 2.31. The highest BCUT2D eigenvalue weighted by Crippen LogP contribution is 2.32. The van der Waals surface area contributed by atoms with Gasteiger partial charge in [0.15, 0.2) is 0 Å². The van der Waals surface area contributed by atoms with Crippen LogP contribution in [0.2, 0.25) is 0 Å². The summed E-state index contributed by atoms with van der Waals surface area (Å²) in [5.41, 5.74) is 0.860. The summed E-state index contributed by atoms with van der Waals surface area (Å²) in [5, 5.41) is 9.60. The molecule has 4 heteroatoms. The lowest BCUT2D eigenvalue weighted by atomic mass is 10.1. The van der Waals surface area contributed by atoms with Crippen molar-refractivity contribution in [2.24, 2.45) is 0 Å². The molecule has 18 heavy (non-hydrogen) atoms. The highest BCUT2D eigenvalue weighted by Gasteiger charge is 2.15. The van der Waals surface area contributed by atoms with Crippen LogP contribution in [0, 0.1) is 12.7 Å². The van der Waals surface area contributed by atoms with Crippen molar-refractivity contribution in [1.82, 2.24) is 4.98 Å². The monoisotopic (exact) mass is 247 g/mol. The summed E-state index contributed by atoms with van der Waals surface area (Å²) in [4.78, 5) is 4.09. The number of ether oxygens (including phenoxy) is 1. The zero-order valence-electron chi connectivity index (χ0n) is 10.2. The van der Waals surface area contributed by atoms with E-state index in [9.17, 15) is 9.50 Å². The summed E-state index contributed by atoms with van der Waals surface area (Å²) >= 11 is 0. The van der Waals surface area contributed by atoms with E-state index < -0.39 is 11.9 Å². The minimum absolute atomic E-state index is 0.153. The first-order valence-electron chi connectivity index (χ1n) is 5.65. The Morgan fingerprint density at radius 2 is 1.94 bits per heavy atom. The predicted octanol–water partition coefficient (Wildman–Crippen LogP) is 3.37. The summed E-state index contributed by atoms with van der Waals surface area (Å²) in [7, 11) is 0. The van der Waals surface area contributed by atoms with E-state index >= 15 is 0 Å². The molecule has 1 aromatic heterocycles. The first-order valence-corrected chi connectivity index (χ1v) is 5.65. The molecule has 0 amide bonds. The maximum atomic E-state index is 13.6. The number of rotatable bonds is 3. The number of aromatic nitrogens is 1. The summed E-state index contributed by atoms with van der Waals surface area (Å²) < 4.78 is 19.3. The Balaban J connectivity index is 2.41. The van der Waals surface area contributed by atoms with E-state index in [1.54, 1.807) is 37.4 Å². The van der Waals surface area contributed by atoms with Crippen molar-refractivity contribution < 1.29 is 14.2 Å². The summed E-state index contributed by atoms with van der Waals surface area (Å²) in [6.45, 7) is 3.30. The molecule has 0 fully saturated rings.